The van der Waals surface area contributed by atoms with E-state index in [9.17, 15) is 0 Å². The minimum atomic E-state index is 0.940. The molecule has 0 fully saturated rings. The number of hydrogen-bond donors (Lipinski definition) is 0. The first kappa shape index (κ1) is 18.5. The van der Waals surface area contributed by atoms with Gasteiger partial charge in [-0.05, 0) is 54.6 Å². The third-order valence-corrected chi connectivity index (χ3v) is 6.95. The minimum absolute atomic E-state index is 0.940. The van der Waals surface area contributed by atoms with E-state index in [0.29, 0.717) is 0 Å². The summed E-state index contributed by atoms with van der Waals surface area (Å²) in [6.45, 7) is 0. The third-order valence-electron chi connectivity index (χ3n) is 6.95. The van der Waals surface area contributed by atoms with Crippen LogP contribution in [0.5, 0.6) is 0 Å². The predicted molar refractivity (Wildman–Crippen MR) is 142 cm³/mol. The van der Waals surface area contributed by atoms with Crippen LogP contribution in [0.2, 0.25) is 0 Å². The van der Waals surface area contributed by atoms with Gasteiger partial charge in [0.15, 0.2) is 0 Å². The molecule has 6 aromatic heterocycles. The fourth-order valence-electron chi connectivity index (χ4n) is 5.51. The first-order chi connectivity index (χ1) is 17.4. The Morgan fingerprint density at radius 1 is 0.600 bits per heavy atom. The molecule has 5 nitrogen and oxygen atoms in total. The van der Waals surface area contributed by atoms with Crippen molar-refractivity contribution in [1.82, 2.24) is 23.5 Å². The fourth-order valence-corrected chi connectivity index (χ4v) is 5.51. The van der Waals surface area contributed by atoms with E-state index in [1.54, 1.807) is 0 Å². The van der Waals surface area contributed by atoms with E-state index in [-0.39, 0.29) is 0 Å². The molecule has 35 heavy (non-hydrogen) atoms. The number of nitrogens with zero attached hydrogens (tertiary/aromatic N) is 5. The van der Waals surface area contributed by atoms with Crippen LogP contribution in [0.1, 0.15) is 0 Å². The first-order valence-electron chi connectivity index (χ1n) is 11.7. The van der Waals surface area contributed by atoms with Gasteiger partial charge in [-0.3, -0.25) is 14.1 Å². The number of aromatic nitrogens is 5. The maximum Gasteiger partial charge on any atom is 0.147 e. The Morgan fingerprint density at radius 3 is 2.37 bits per heavy atom. The standard InChI is InChI=1S/C30H19N5/c1-2-10-21(11-3-1)34-24-13-5-4-12-22(24)27-29-23(19-32-30(27)34)28-25(14-8-17-31-28)35(29)26-16-15-20-9-6-7-18-33(20)26/h1-19H. The first-order valence-corrected chi connectivity index (χ1v) is 11.7. The van der Waals surface area contributed by atoms with Gasteiger partial charge in [-0.15, -0.1) is 0 Å². The van der Waals surface area contributed by atoms with Crippen molar-refractivity contribution in [1.29, 1.82) is 0 Å². The van der Waals surface area contributed by atoms with Gasteiger partial charge in [-0.25, -0.2) is 4.98 Å². The van der Waals surface area contributed by atoms with Crippen LogP contribution >= 0.6 is 0 Å². The molecule has 2 aromatic carbocycles. The summed E-state index contributed by atoms with van der Waals surface area (Å²) in [4.78, 5) is 9.83. The highest BCUT2D eigenvalue weighted by molar-refractivity contribution is 6.24. The average Bonchev–Trinajstić information content (AvgIpc) is 3.59. The molecule has 0 atom stereocenters. The summed E-state index contributed by atoms with van der Waals surface area (Å²) >= 11 is 0. The molecule has 8 rings (SSSR count). The summed E-state index contributed by atoms with van der Waals surface area (Å²) in [7, 11) is 0. The van der Waals surface area contributed by atoms with E-state index in [1.165, 1.54) is 5.39 Å². The Balaban J connectivity index is 1.65. The van der Waals surface area contributed by atoms with Crippen molar-refractivity contribution in [2.45, 2.75) is 0 Å². The maximum absolute atomic E-state index is 5.03. The molecular formula is C30H19N5. The molecular weight excluding hydrogens is 430 g/mol. The molecule has 0 unspecified atom stereocenters. The van der Waals surface area contributed by atoms with Gasteiger partial charge < -0.3 is 4.40 Å². The van der Waals surface area contributed by atoms with Crippen molar-refractivity contribution in [3.8, 4) is 11.5 Å². The topological polar surface area (TPSA) is 40.0 Å². The fraction of sp³-hybridized carbons (Fsp3) is 0. The zero-order valence-electron chi connectivity index (χ0n) is 18.7. The van der Waals surface area contributed by atoms with Gasteiger partial charge in [0, 0.05) is 40.6 Å². The van der Waals surface area contributed by atoms with E-state index >= 15 is 0 Å². The zero-order chi connectivity index (χ0) is 22.9. The van der Waals surface area contributed by atoms with Gasteiger partial charge in [0.25, 0.3) is 0 Å². The van der Waals surface area contributed by atoms with Gasteiger partial charge >= 0.3 is 0 Å². The largest absolute Gasteiger partial charge is 0.303 e. The van der Waals surface area contributed by atoms with Crippen LogP contribution in [-0.2, 0) is 0 Å². The van der Waals surface area contributed by atoms with Crippen LogP contribution in [0.25, 0.3) is 60.9 Å². The SMILES string of the molecule is c1ccc(-n2c3ccccc3c3c2ncc2c4ncccc4n(-c4ccc5ccccn45)c23)cc1. The second-order valence-electron chi connectivity index (χ2n) is 8.80. The lowest BCUT2D eigenvalue weighted by Gasteiger charge is -2.09. The number of para-hydroxylation sites is 2. The predicted octanol–water partition coefficient (Wildman–Crippen LogP) is 6.92. The molecule has 6 heterocycles. The molecule has 0 aliphatic heterocycles. The normalized spacial score (nSPS) is 12.0. The molecule has 0 aliphatic carbocycles. The van der Waals surface area contributed by atoms with Crippen LogP contribution in [0.15, 0.2) is 116 Å². The van der Waals surface area contributed by atoms with Crippen LogP contribution in [0.4, 0.5) is 0 Å². The molecule has 0 N–H and O–H groups in total. The smallest absolute Gasteiger partial charge is 0.147 e. The number of hydrogen-bond acceptors (Lipinski definition) is 2. The third kappa shape index (κ3) is 2.41. The number of pyridine rings is 3. The molecule has 0 radical (unpaired) electrons. The molecule has 8 aromatic rings. The van der Waals surface area contributed by atoms with Crippen molar-refractivity contribution in [3.63, 3.8) is 0 Å². The van der Waals surface area contributed by atoms with E-state index in [0.717, 1.165) is 55.5 Å². The number of fused-ring (bicyclic) bond motifs is 8. The summed E-state index contributed by atoms with van der Waals surface area (Å²) in [6.07, 6.45) is 5.96. The molecule has 0 saturated heterocycles. The maximum atomic E-state index is 5.03. The van der Waals surface area contributed by atoms with E-state index in [1.807, 2.05) is 24.5 Å². The number of benzene rings is 2. The average molecular weight is 450 g/mol. The Hall–Kier alpha value is -4.90. The lowest BCUT2D eigenvalue weighted by Crippen LogP contribution is -1.99. The summed E-state index contributed by atoms with van der Waals surface area (Å²) in [5, 5.41) is 3.36. The summed E-state index contributed by atoms with van der Waals surface area (Å²) < 4.78 is 6.83. The van der Waals surface area contributed by atoms with Crippen molar-refractivity contribution < 1.29 is 0 Å². The zero-order valence-corrected chi connectivity index (χ0v) is 18.7. The molecule has 164 valence electrons. The van der Waals surface area contributed by atoms with Crippen molar-refractivity contribution >= 4 is 49.4 Å². The molecule has 0 spiro atoms. The van der Waals surface area contributed by atoms with Crippen molar-refractivity contribution in [2.24, 2.45) is 0 Å². The molecule has 0 saturated carbocycles. The highest BCUT2D eigenvalue weighted by Gasteiger charge is 2.22. The van der Waals surface area contributed by atoms with Crippen LogP contribution in [0, 0.1) is 0 Å². The van der Waals surface area contributed by atoms with E-state index in [2.05, 4.69) is 105 Å². The number of rotatable bonds is 2. The van der Waals surface area contributed by atoms with E-state index < -0.39 is 0 Å². The lowest BCUT2D eigenvalue weighted by molar-refractivity contribution is 1.04. The second-order valence-corrected chi connectivity index (χ2v) is 8.80. The highest BCUT2D eigenvalue weighted by atomic mass is 15.1. The van der Waals surface area contributed by atoms with Gasteiger partial charge in [0.2, 0.25) is 0 Å². The quantitative estimate of drug-likeness (QED) is 0.287. The van der Waals surface area contributed by atoms with E-state index in [4.69, 9.17) is 9.97 Å². The summed E-state index contributed by atoms with van der Waals surface area (Å²) in [6, 6.07) is 33.8. The van der Waals surface area contributed by atoms with Crippen molar-refractivity contribution in [2.75, 3.05) is 0 Å². The molecule has 5 heteroatoms. The Bertz CT molecular complexity index is 2060. The molecule has 0 aliphatic rings. The van der Waals surface area contributed by atoms with Crippen molar-refractivity contribution in [3.05, 3.63) is 116 Å². The van der Waals surface area contributed by atoms with Crippen LogP contribution < -0.4 is 0 Å². The van der Waals surface area contributed by atoms with Gasteiger partial charge in [0.05, 0.1) is 27.5 Å². The van der Waals surface area contributed by atoms with Gasteiger partial charge in [-0.1, -0.05) is 42.5 Å². The van der Waals surface area contributed by atoms with Crippen LogP contribution in [-0.4, -0.2) is 23.5 Å². The Morgan fingerprint density at radius 2 is 1.43 bits per heavy atom. The molecule has 0 bridgehead atoms. The second kappa shape index (κ2) is 6.81. The van der Waals surface area contributed by atoms with Gasteiger partial charge in [-0.2, -0.15) is 0 Å². The van der Waals surface area contributed by atoms with Gasteiger partial charge in [0.1, 0.15) is 11.5 Å². The highest BCUT2D eigenvalue weighted by Crippen LogP contribution is 2.40. The Labute approximate surface area is 200 Å². The minimum Gasteiger partial charge on any atom is -0.303 e. The monoisotopic (exact) mass is 449 g/mol. The van der Waals surface area contributed by atoms with Crippen LogP contribution in [0.3, 0.4) is 0 Å². The molecule has 0 amide bonds. The summed E-state index contributed by atoms with van der Waals surface area (Å²) in [5.41, 5.74) is 7.47. The summed E-state index contributed by atoms with van der Waals surface area (Å²) in [5.74, 6) is 1.08. The Kier molecular flexibility index (Phi) is 3.60. The lowest BCUT2D eigenvalue weighted by atomic mass is 10.1.